The van der Waals surface area contributed by atoms with Crippen LogP contribution in [0.25, 0.3) is 0 Å². The van der Waals surface area contributed by atoms with Gasteiger partial charge in [-0.1, -0.05) is 76.2 Å². The zero-order valence-corrected chi connectivity index (χ0v) is 20.5. The second-order valence-corrected chi connectivity index (χ2v) is 10.1. The van der Waals surface area contributed by atoms with Crippen LogP contribution >= 0.6 is 0 Å². The minimum absolute atomic E-state index is 0.0288. The van der Waals surface area contributed by atoms with E-state index in [1.807, 2.05) is 36.4 Å². The monoisotopic (exact) mass is 448 g/mol. The Kier molecular flexibility index (Phi) is 7.72. The van der Waals surface area contributed by atoms with Gasteiger partial charge in [-0.3, -0.25) is 14.4 Å². The van der Waals surface area contributed by atoms with E-state index in [4.69, 9.17) is 0 Å². The smallest absolute Gasteiger partial charge is 0.226 e. The van der Waals surface area contributed by atoms with Crippen molar-refractivity contribution in [1.82, 2.24) is 10.2 Å². The Morgan fingerprint density at radius 3 is 2.18 bits per heavy atom. The molecule has 2 aromatic rings. The summed E-state index contributed by atoms with van der Waals surface area (Å²) in [5.41, 5.74) is 4.18. The van der Waals surface area contributed by atoms with Crippen molar-refractivity contribution in [3.05, 3.63) is 70.8 Å². The average Bonchev–Trinajstić information content (AvgIpc) is 2.79. The first-order valence-corrected chi connectivity index (χ1v) is 11.8. The van der Waals surface area contributed by atoms with E-state index >= 15 is 0 Å². The zero-order valence-electron chi connectivity index (χ0n) is 20.5. The highest BCUT2D eigenvalue weighted by Gasteiger charge is 2.34. The molecule has 2 atom stereocenters. The van der Waals surface area contributed by atoms with Crippen LogP contribution in [0, 0.1) is 5.92 Å². The Morgan fingerprint density at radius 2 is 1.64 bits per heavy atom. The Labute approximate surface area is 197 Å². The van der Waals surface area contributed by atoms with Gasteiger partial charge in [-0.2, -0.15) is 0 Å². The molecule has 0 radical (unpaired) electrons. The number of nitrogens with zero attached hydrogens (tertiary/aromatic N) is 1. The molecule has 1 saturated heterocycles. The summed E-state index contributed by atoms with van der Waals surface area (Å²) in [4.78, 5) is 40.2. The van der Waals surface area contributed by atoms with Gasteiger partial charge in [0, 0.05) is 32.4 Å². The largest absolute Gasteiger partial charge is 0.356 e. The van der Waals surface area contributed by atoms with E-state index in [1.54, 1.807) is 11.9 Å². The van der Waals surface area contributed by atoms with Crippen molar-refractivity contribution in [3.8, 4) is 0 Å². The average molecular weight is 449 g/mol. The quantitative estimate of drug-likeness (QED) is 0.683. The number of hydrogen-bond donors (Lipinski definition) is 1. The lowest BCUT2D eigenvalue weighted by molar-refractivity contribution is -0.144. The second-order valence-electron chi connectivity index (χ2n) is 10.1. The van der Waals surface area contributed by atoms with Gasteiger partial charge in [0.15, 0.2) is 5.78 Å². The van der Waals surface area contributed by atoms with Crippen LogP contribution in [0.5, 0.6) is 0 Å². The molecular formula is C28H36N2O3. The molecule has 1 heterocycles. The van der Waals surface area contributed by atoms with Crippen LogP contribution in [-0.4, -0.2) is 36.1 Å². The topological polar surface area (TPSA) is 66.5 Å². The molecule has 0 saturated carbocycles. The number of Topliss-reactive ketones (excluding diaryl/α,β-unsaturated/α-hetero) is 1. The summed E-state index contributed by atoms with van der Waals surface area (Å²) in [6, 6.07) is 15.4. The normalized spacial score (nSPS) is 17.2. The maximum atomic E-state index is 13.6. The van der Waals surface area contributed by atoms with Gasteiger partial charge in [0.05, 0.1) is 0 Å². The SMILES string of the molecule is CCc1ccc(C(C(=O)Cc2ccc(C(C)(C)C)cc2)N(C)C(=O)C2CCNC(=O)C2)cc1. The lowest BCUT2D eigenvalue weighted by Gasteiger charge is -2.32. The number of hydrogen-bond acceptors (Lipinski definition) is 3. The molecule has 3 rings (SSSR count). The van der Waals surface area contributed by atoms with Crippen LogP contribution in [0.4, 0.5) is 0 Å². The fourth-order valence-electron chi connectivity index (χ4n) is 4.39. The molecule has 0 aromatic heterocycles. The molecule has 2 aromatic carbocycles. The molecule has 5 nitrogen and oxygen atoms in total. The summed E-state index contributed by atoms with van der Waals surface area (Å²) in [6.07, 6.45) is 1.92. The van der Waals surface area contributed by atoms with Crippen molar-refractivity contribution in [2.24, 2.45) is 5.92 Å². The molecule has 0 bridgehead atoms. The second kappa shape index (κ2) is 10.3. The number of carbonyl (C=O) groups excluding carboxylic acids is 3. The molecule has 1 aliphatic rings. The van der Waals surface area contributed by atoms with Gasteiger partial charge in [0.2, 0.25) is 11.8 Å². The van der Waals surface area contributed by atoms with Gasteiger partial charge in [-0.25, -0.2) is 0 Å². The Bertz CT molecular complexity index is 987. The molecule has 5 heteroatoms. The van der Waals surface area contributed by atoms with Gasteiger partial charge in [-0.15, -0.1) is 0 Å². The van der Waals surface area contributed by atoms with E-state index in [9.17, 15) is 14.4 Å². The number of rotatable bonds is 7. The summed E-state index contributed by atoms with van der Waals surface area (Å²) < 4.78 is 0. The van der Waals surface area contributed by atoms with E-state index in [2.05, 4.69) is 45.1 Å². The van der Waals surface area contributed by atoms with Crippen LogP contribution in [-0.2, 0) is 32.6 Å². The first-order valence-electron chi connectivity index (χ1n) is 11.8. The Morgan fingerprint density at radius 1 is 1.03 bits per heavy atom. The number of aryl methyl sites for hydroxylation is 1. The van der Waals surface area contributed by atoms with Crippen molar-refractivity contribution in [3.63, 3.8) is 0 Å². The highest BCUT2D eigenvalue weighted by atomic mass is 16.2. The number of piperidine rings is 1. The first-order chi connectivity index (χ1) is 15.6. The molecule has 33 heavy (non-hydrogen) atoms. The summed E-state index contributed by atoms with van der Waals surface area (Å²) in [5, 5.41) is 2.77. The third-order valence-electron chi connectivity index (χ3n) is 6.54. The van der Waals surface area contributed by atoms with Crippen LogP contribution in [0.1, 0.15) is 68.8 Å². The molecule has 0 spiro atoms. The van der Waals surface area contributed by atoms with E-state index in [1.165, 1.54) is 11.1 Å². The molecule has 2 unspecified atom stereocenters. The van der Waals surface area contributed by atoms with E-state index in [0.29, 0.717) is 13.0 Å². The summed E-state index contributed by atoms with van der Waals surface area (Å²) in [6.45, 7) is 9.06. The lowest BCUT2D eigenvalue weighted by Crippen LogP contribution is -2.44. The number of nitrogens with one attached hydrogen (secondary N) is 1. The maximum Gasteiger partial charge on any atom is 0.226 e. The van der Waals surface area contributed by atoms with Crippen molar-refractivity contribution < 1.29 is 14.4 Å². The lowest BCUT2D eigenvalue weighted by atomic mass is 9.86. The first kappa shape index (κ1) is 24.7. The van der Waals surface area contributed by atoms with Crippen molar-refractivity contribution in [1.29, 1.82) is 0 Å². The summed E-state index contributed by atoms with van der Waals surface area (Å²) in [7, 11) is 1.69. The van der Waals surface area contributed by atoms with Crippen molar-refractivity contribution in [2.45, 2.75) is 64.8 Å². The number of ketones is 1. The molecule has 1 N–H and O–H groups in total. The zero-order chi connectivity index (χ0) is 24.2. The predicted molar refractivity (Wildman–Crippen MR) is 131 cm³/mol. The molecular weight excluding hydrogens is 412 g/mol. The number of likely N-dealkylation sites (N-methyl/N-ethyl adjacent to an activating group) is 1. The van der Waals surface area contributed by atoms with Crippen molar-refractivity contribution >= 4 is 17.6 Å². The van der Waals surface area contributed by atoms with Gasteiger partial charge < -0.3 is 10.2 Å². The molecule has 1 aliphatic heterocycles. The third-order valence-corrected chi connectivity index (χ3v) is 6.54. The van der Waals surface area contributed by atoms with Gasteiger partial charge in [0.1, 0.15) is 6.04 Å². The van der Waals surface area contributed by atoms with Crippen LogP contribution < -0.4 is 5.32 Å². The molecule has 176 valence electrons. The maximum absolute atomic E-state index is 13.6. The van der Waals surface area contributed by atoms with E-state index < -0.39 is 6.04 Å². The van der Waals surface area contributed by atoms with Crippen LogP contribution in [0.3, 0.4) is 0 Å². The highest BCUT2D eigenvalue weighted by molar-refractivity contribution is 5.93. The van der Waals surface area contributed by atoms with Gasteiger partial charge >= 0.3 is 0 Å². The number of benzene rings is 2. The fourth-order valence-corrected chi connectivity index (χ4v) is 4.39. The Hall–Kier alpha value is -2.95. The van der Waals surface area contributed by atoms with Crippen LogP contribution in [0.15, 0.2) is 48.5 Å². The van der Waals surface area contributed by atoms with E-state index in [0.717, 1.165) is 17.5 Å². The van der Waals surface area contributed by atoms with Crippen molar-refractivity contribution in [2.75, 3.05) is 13.6 Å². The van der Waals surface area contributed by atoms with Crippen LogP contribution in [0.2, 0.25) is 0 Å². The molecule has 2 amide bonds. The summed E-state index contributed by atoms with van der Waals surface area (Å²) >= 11 is 0. The van der Waals surface area contributed by atoms with Gasteiger partial charge in [0.25, 0.3) is 0 Å². The van der Waals surface area contributed by atoms with E-state index in [-0.39, 0.29) is 41.8 Å². The fraction of sp³-hybridized carbons (Fsp3) is 0.464. The van der Waals surface area contributed by atoms with Gasteiger partial charge in [-0.05, 0) is 40.5 Å². The minimum Gasteiger partial charge on any atom is -0.356 e. The molecule has 1 fully saturated rings. The highest BCUT2D eigenvalue weighted by Crippen LogP contribution is 2.28. The Balaban J connectivity index is 1.86. The molecule has 0 aliphatic carbocycles. The number of amides is 2. The predicted octanol–water partition coefficient (Wildman–Crippen LogP) is 4.38. The summed E-state index contributed by atoms with van der Waals surface area (Å²) in [5.74, 6) is -0.674. The number of carbonyl (C=O) groups is 3. The standard InChI is InChI=1S/C28H36N2O3/c1-6-19-7-11-21(12-8-19)26(30(5)27(33)22-15-16-29-25(32)18-22)24(31)17-20-9-13-23(14-10-20)28(2,3)4/h7-14,22,26H,6,15-18H2,1-5H3,(H,29,32). The minimum atomic E-state index is -0.685. The third kappa shape index (κ3) is 6.10.